The highest BCUT2D eigenvalue weighted by molar-refractivity contribution is 8.23. The third-order valence-electron chi connectivity index (χ3n) is 11.4. The number of ether oxygens (including phenoxy) is 1. The van der Waals surface area contributed by atoms with Crippen LogP contribution in [-0.4, -0.2) is 15.2 Å². The lowest BCUT2D eigenvalue weighted by Crippen LogP contribution is -2.65. The summed E-state index contributed by atoms with van der Waals surface area (Å²) in [5.41, 5.74) is 0.979. The van der Waals surface area contributed by atoms with Gasteiger partial charge < -0.3 is 4.74 Å². The van der Waals surface area contributed by atoms with E-state index in [2.05, 4.69) is 34.6 Å². The summed E-state index contributed by atoms with van der Waals surface area (Å²) in [7, 11) is 0. The van der Waals surface area contributed by atoms with E-state index < -0.39 is 0 Å². The van der Waals surface area contributed by atoms with Crippen LogP contribution in [-0.2, 0) is 4.74 Å². The molecule has 5 aliphatic rings. The Bertz CT molecular complexity index is 705. The minimum atomic E-state index is 0.0596. The van der Waals surface area contributed by atoms with E-state index in [-0.39, 0.29) is 5.60 Å². The zero-order valence-corrected chi connectivity index (χ0v) is 22.4. The molecule has 0 aromatic carbocycles. The Kier molecular flexibility index (Phi) is 6.07. The van der Waals surface area contributed by atoms with Crippen LogP contribution in [0.15, 0.2) is 0 Å². The third-order valence-corrected chi connectivity index (χ3v) is 12.9. The molecule has 31 heavy (non-hydrogen) atoms. The number of thioether (sulfide) groups is 1. The molecule has 9 atom stereocenters. The largest absolute Gasteiger partial charge is 0.470 e. The van der Waals surface area contributed by atoms with E-state index >= 15 is 0 Å². The minimum Gasteiger partial charge on any atom is -0.470 e. The molecule has 0 N–H and O–H groups in total. The van der Waals surface area contributed by atoms with Gasteiger partial charge in [-0.3, -0.25) is 0 Å². The van der Waals surface area contributed by atoms with Crippen molar-refractivity contribution >= 4 is 28.4 Å². The van der Waals surface area contributed by atoms with E-state index in [1.807, 2.05) is 11.8 Å². The average Bonchev–Trinajstić information content (AvgIpc) is 3.22. The van der Waals surface area contributed by atoms with Gasteiger partial charge in [0.1, 0.15) is 5.60 Å². The highest BCUT2D eigenvalue weighted by Gasteiger charge is 2.70. The first-order chi connectivity index (χ1) is 14.7. The summed E-state index contributed by atoms with van der Waals surface area (Å²) < 4.78 is 7.53. The summed E-state index contributed by atoms with van der Waals surface area (Å²) in [5.74, 6) is 5.41. The van der Waals surface area contributed by atoms with Crippen molar-refractivity contribution in [2.45, 2.75) is 123 Å². The zero-order chi connectivity index (χ0) is 22.0. The second-order valence-electron chi connectivity index (χ2n) is 13.1. The van der Waals surface area contributed by atoms with Crippen molar-refractivity contribution in [2.24, 2.45) is 46.3 Å². The first-order valence-corrected chi connectivity index (χ1v) is 14.9. The smallest absolute Gasteiger partial charge is 0.221 e. The molecule has 5 fully saturated rings. The third kappa shape index (κ3) is 3.40. The quantitative estimate of drug-likeness (QED) is 0.378. The minimum absolute atomic E-state index is 0.0596. The molecular formula is C28H46OS2. The van der Waals surface area contributed by atoms with Crippen molar-refractivity contribution in [1.29, 1.82) is 0 Å². The zero-order valence-electron chi connectivity index (χ0n) is 20.8. The van der Waals surface area contributed by atoms with E-state index in [1.165, 1.54) is 77.0 Å². The number of hydrogen-bond donors (Lipinski definition) is 0. The normalized spacial score (nSPS) is 49.7. The number of thiocarbonyl (C=S) groups is 1. The van der Waals surface area contributed by atoms with E-state index in [1.54, 1.807) is 0 Å². The van der Waals surface area contributed by atoms with E-state index in [4.69, 9.17) is 17.0 Å². The Morgan fingerprint density at radius 2 is 1.77 bits per heavy atom. The number of rotatable bonds is 5. The van der Waals surface area contributed by atoms with Crippen LogP contribution < -0.4 is 0 Å². The molecule has 1 heterocycles. The monoisotopic (exact) mass is 462 g/mol. The molecule has 1 aliphatic heterocycles. The van der Waals surface area contributed by atoms with Gasteiger partial charge in [-0.25, -0.2) is 0 Å². The first kappa shape index (κ1) is 23.0. The molecular weight excluding hydrogens is 416 g/mol. The molecule has 5 rings (SSSR count). The lowest BCUT2D eigenvalue weighted by atomic mass is 9.43. The van der Waals surface area contributed by atoms with Gasteiger partial charge in [-0.05, 0) is 105 Å². The topological polar surface area (TPSA) is 9.23 Å². The maximum absolute atomic E-state index is 6.66. The van der Waals surface area contributed by atoms with Gasteiger partial charge in [-0.15, -0.1) is 0 Å². The number of hydrogen-bond acceptors (Lipinski definition) is 3. The molecule has 0 radical (unpaired) electrons. The van der Waals surface area contributed by atoms with Gasteiger partial charge in [-0.1, -0.05) is 72.1 Å². The molecule has 1 spiro atoms. The van der Waals surface area contributed by atoms with Gasteiger partial charge >= 0.3 is 0 Å². The van der Waals surface area contributed by atoms with E-state index in [9.17, 15) is 0 Å². The molecule has 4 aliphatic carbocycles. The second-order valence-corrected chi connectivity index (χ2v) is 14.9. The SMILES string of the molecule is CC(C)CCC[C@@H](C)[C@H]1CC[C@H]2[C@@H]3C[C@@H]4SC(=S)O[C@@]45CCCC[C@]5(C)[C@H]3CC[C@]12C. The average molecular weight is 463 g/mol. The Morgan fingerprint density at radius 1 is 1.00 bits per heavy atom. The molecule has 1 saturated heterocycles. The maximum atomic E-state index is 6.66. The van der Waals surface area contributed by atoms with Crippen molar-refractivity contribution < 1.29 is 4.74 Å². The molecule has 0 aromatic heterocycles. The summed E-state index contributed by atoms with van der Waals surface area (Å²) >= 11 is 7.62. The van der Waals surface area contributed by atoms with Crippen LogP contribution in [0.2, 0.25) is 0 Å². The predicted octanol–water partition coefficient (Wildman–Crippen LogP) is 8.65. The fourth-order valence-electron chi connectivity index (χ4n) is 9.94. The van der Waals surface area contributed by atoms with Crippen molar-refractivity contribution in [3.63, 3.8) is 0 Å². The van der Waals surface area contributed by atoms with E-state index in [0.29, 0.717) is 16.1 Å². The standard InChI is InChI=1S/C28H46OS2/c1-18(2)9-8-10-19(3)21-11-12-22-20-17-24-28(29-25(30)31-24)15-7-6-14-27(28,5)23(20)13-16-26(21,22)4/h18-24H,6-17H2,1-5H3/t19-,20+,21-,22+,23+,24+,26-,27-,28+/m1/s1. The first-order valence-electron chi connectivity index (χ1n) is 13.6. The lowest BCUT2D eigenvalue weighted by molar-refractivity contribution is -0.187. The fraction of sp³-hybridized carbons (Fsp3) is 0.964. The van der Waals surface area contributed by atoms with Gasteiger partial charge in [0, 0.05) is 5.41 Å². The summed E-state index contributed by atoms with van der Waals surface area (Å²) in [4.78, 5) is 0. The molecule has 0 amide bonds. The summed E-state index contributed by atoms with van der Waals surface area (Å²) in [6.45, 7) is 12.7. The lowest BCUT2D eigenvalue weighted by Gasteiger charge is -2.64. The van der Waals surface area contributed by atoms with E-state index in [0.717, 1.165) is 39.9 Å². The van der Waals surface area contributed by atoms with Gasteiger partial charge in [-0.2, -0.15) is 0 Å². The summed E-state index contributed by atoms with van der Waals surface area (Å²) in [6, 6.07) is 0. The Hall–Kier alpha value is 0.240. The molecule has 4 saturated carbocycles. The summed E-state index contributed by atoms with van der Waals surface area (Å²) in [5, 5.41) is 0.622. The Morgan fingerprint density at radius 3 is 2.55 bits per heavy atom. The predicted molar refractivity (Wildman–Crippen MR) is 137 cm³/mol. The van der Waals surface area contributed by atoms with Crippen molar-refractivity contribution in [3.05, 3.63) is 0 Å². The van der Waals surface area contributed by atoms with Crippen molar-refractivity contribution in [1.82, 2.24) is 0 Å². The van der Waals surface area contributed by atoms with Gasteiger partial charge in [0.25, 0.3) is 0 Å². The van der Waals surface area contributed by atoms with Crippen LogP contribution in [0.5, 0.6) is 0 Å². The second kappa shape index (κ2) is 8.17. The van der Waals surface area contributed by atoms with Crippen LogP contribution in [0.1, 0.15) is 112 Å². The molecule has 176 valence electrons. The Balaban J connectivity index is 1.38. The summed E-state index contributed by atoms with van der Waals surface area (Å²) in [6.07, 6.45) is 16.9. The molecule has 1 nitrogen and oxygen atoms in total. The fourth-order valence-corrected chi connectivity index (χ4v) is 11.8. The van der Waals surface area contributed by atoms with Crippen molar-refractivity contribution in [3.8, 4) is 0 Å². The highest BCUT2D eigenvalue weighted by atomic mass is 32.2. The van der Waals surface area contributed by atoms with Crippen LogP contribution in [0.25, 0.3) is 0 Å². The maximum Gasteiger partial charge on any atom is 0.221 e. The highest BCUT2D eigenvalue weighted by Crippen LogP contribution is 2.72. The molecule has 0 bridgehead atoms. The number of fused-ring (bicyclic) bond motifs is 4. The van der Waals surface area contributed by atoms with Crippen LogP contribution >= 0.6 is 24.0 Å². The van der Waals surface area contributed by atoms with Crippen LogP contribution in [0, 0.1) is 46.3 Å². The van der Waals surface area contributed by atoms with Crippen LogP contribution in [0.3, 0.4) is 0 Å². The molecule has 0 unspecified atom stereocenters. The molecule has 0 aromatic rings. The van der Waals surface area contributed by atoms with Gasteiger partial charge in [0.15, 0.2) is 0 Å². The Labute approximate surface area is 201 Å². The molecule has 3 heteroatoms. The van der Waals surface area contributed by atoms with Gasteiger partial charge in [0.2, 0.25) is 4.38 Å². The van der Waals surface area contributed by atoms with Crippen molar-refractivity contribution in [2.75, 3.05) is 0 Å². The van der Waals surface area contributed by atoms with Crippen LogP contribution in [0.4, 0.5) is 0 Å². The van der Waals surface area contributed by atoms with Gasteiger partial charge in [0.05, 0.1) is 5.25 Å².